The highest BCUT2D eigenvalue weighted by Crippen LogP contribution is 2.35. The van der Waals surface area contributed by atoms with Crippen LogP contribution in [0.25, 0.3) is 0 Å². The van der Waals surface area contributed by atoms with Gasteiger partial charge in [-0.15, -0.1) is 0 Å². The molecule has 2 aromatic carbocycles. The molecule has 3 rings (SSSR count). The number of halogens is 1. The first kappa shape index (κ1) is 17.3. The summed E-state index contributed by atoms with van der Waals surface area (Å²) in [7, 11) is 1.54. The van der Waals surface area contributed by atoms with Gasteiger partial charge >= 0.3 is 6.09 Å². The minimum Gasteiger partial charge on any atom is -0.465 e. The number of nitrogens with one attached hydrogen (secondary N) is 1. The molecule has 1 aliphatic carbocycles. The molecule has 2 amide bonds. The molecular weight excluding hydrogens is 340 g/mol. The third-order valence-electron chi connectivity index (χ3n) is 4.51. The molecule has 0 heterocycles. The summed E-state index contributed by atoms with van der Waals surface area (Å²) in [6.07, 6.45) is 2.68. The number of carbonyl (C=O) groups excluding carboxylic acids is 1. The van der Waals surface area contributed by atoms with Gasteiger partial charge in [0.15, 0.2) is 0 Å². The number of amides is 2. The van der Waals surface area contributed by atoms with Crippen molar-refractivity contribution in [1.29, 1.82) is 0 Å². The summed E-state index contributed by atoms with van der Waals surface area (Å²) in [6, 6.07) is 10.3. The molecule has 0 radical (unpaired) electrons. The van der Waals surface area contributed by atoms with Gasteiger partial charge in [-0.2, -0.15) is 0 Å². The third kappa shape index (κ3) is 3.61. The van der Waals surface area contributed by atoms with Crippen LogP contribution in [0.5, 0.6) is 0 Å². The number of fused-ring (bicyclic) bond motifs is 1. The van der Waals surface area contributed by atoms with Crippen LogP contribution in [0.4, 0.5) is 16.2 Å². The summed E-state index contributed by atoms with van der Waals surface area (Å²) in [5, 5.41) is 12.8. The van der Waals surface area contributed by atoms with Crippen LogP contribution in [0, 0.1) is 0 Å². The maximum Gasteiger partial charge on any atom is 0.411 e. The molecule has 2 N–H and O–H groups in total. The summed E-state index contributed by atoms with van der Waals surface area (Å²) in [5.41, 5.74) is 3.99. The van der Waals surface area contributed by atoms with E-state index in [1.54, 1.807) is 43.4 Å². The zero-order valence-electron chi connectivity index (χ0n) is 13.9. The first-order chi connectivity index (χ1) is 12.0. The van der Waals surface area contributed by atoms with Crippen molar-refractivity contribution in [2.24, 2.45) is 0 Å². The first-order valence-corrected chi connectivity index (χ1v) is 8.53. The minimum absolute atomic E-state index is 0.205. The van der Waals surface area contributed by atoms with Gasteiger partial charge in [0, 0.05) is 23.3 Å². The number of anilines is 2. The maximum atomic E-state index is 12.5. The normalized spacial score (nSPS) is 13.0. The highest BCUT2D eigenvalue weighted by Gasteiger charge is 2.22. The van der Waals surface area contributed by atoms with E-state index < -0.39 is 6.09 Å². The van der Waals surface area contributed by atoms with Crippen LogP contribution in [-0.4, -0.2) is 24.2 Å². The lowest BCUT2D eigenvalue weighted by Gasteiger charge is -2.26. The largest absolute Gasteiger partial charge is 0.465 e. The Morgan fingerprint density at radius 1 is 1.04 bits per heavy atom. The molecule has 0 saturated heterocycles. The fourth-order valence-corrected chi connectivity index (χ4v) is 3.30. The van der Waals surface area contributed by atoms with Gasteiger partial charge in [0.1, 0.15) is 0 Å². The lowest BCUT2D eigenvalue weighted by molar-refractivity contribution is 0.102. The Labute approximate surface area is 151 Å². The fraction of sp³-hybridized carbons (Fsp3) is 0.263. The summed E-state index contributed by atoms with van der Waals surface area (Å²) in [5.74, 6) is -0.205. The number of carbonyl (C=O) groups is 2. The Kier molecular flexibility index (Phi) is 4.95. The van der Waals surface area contributed by atoms with E-state index in [-0.39, 0.29) is 5.91 Å². The molecule has 6 heteroatoms. The van der Waals surface area contributed by atoms with Gasteiger partial charge in [0.05, 0.1) is 5.69 Å². The lowest BCUT2D eigenvalue weighted by atomic mass is 9.88. The van der Waals surface area contributed by atoms with E-state index in [0.29, 0.717) is 16.3 Å². The predicted octanol–water partition coefficient (Wildman–Crippen LogP) is 4.59. The fourth-order valence-electron chi connectivity index (χ4n) is 3.18. The SMILES string of the molecule is CN(C(=O)O)c1ccc(NC(=O)c2ccc(Cl)cc2)c2c1CCCC2. The Morgan fingerprint density at radius 3 is 2.32 bits per heavy atom. The van der Waals surface area contributed by atoms with Crippen molar-refractivity contribution >= 4 is 35.0 Å². The Hall–Kier alpha value is -2.53. The van der Waals surface area contributed by atoms with Gasteiger partial charge in [0.25, 0.3) is 5.91 Å². The molecule has 0 fully saturated rings. The van der Waals surface area contributed by atoms with Crippen LogP contribution < -0.4 is 10.2 Å². The predicted molar refractivity (Wildman–Crippen MR) is 98.9 cm³/mol. The first-order valence-electron chi connectivity index (χ1n) is 8.15. The van der Waals surface area contributed by atoms with Crippen LogP contribution in [0.3, 0.4) is 0 Å². The number of nitrogens with zero attached hydrogens (tertiary/aromatic N) is 1. The third-order valence-corrected chi connectivity index (χ3v) is 4.76. The number of benzene rings is 2. The molecule has 2 aromatic rings. The number of rotatable bonds is 3. The van der Waals surface area contributed by atoms with Crippen molar-refractivity contribution in [2.45, 2.75) is 25.7 Å². The highest BCUT2D eigenvalue weighted by molar-refractivity contribution is 6.30. The van der Waals surface area contributed by atoms with Crippen molar-refractivity contribution in [3.05, 3.63) is 58.1 Å². The molecule has 1 aliphatic rings. The van der Waals surface area contributed by atoms with Crippen molar-refractivity contribution in [2.75, 3.05) is 17.3 Å². The number of carboxylic acid groups (broad SMARTS) is 1. The van der Waals surface area contributed by atoms with E-state index in [0.717, 1.165) is 42.5 Å². The second-order valence-electron chi connectivity index (χ2n) is 6.10. The smallest absolute Gasteiger partial charge is 0.411 e. The van der Waals surface area contributed by atoms with Crippen molar-refractivity contribution < 1.29 is 14.7 Å². The van der Waals surface area contributed by atoms with Gasteiger partial charge in [-0.25, -0.2) is 4.79 Å². The lowest BCUT2D eigenvalue weighted by Crippen LogP contribution is -2.26. The van der Waals surface area contributed by atoms with Crippen LogP contribution in [0.15, 0.2) is 36.4 Å². The van der Waals surface area contributed by atoms with Crippen LogP contribution >= 0.6 is 11.6 Å². The quantitative estimate of drug-likeness (QED) is 0.843. The summed E-state index contributed by atoms with van der Waals surface area (Å²) < 4.78 is 0. The van der Waals surface area contributed by atoms with Gasteiger partial charge in [0.2, 0.25) is 0 Å². The zero-order chi connectivity index (χ0) is 18.0. The molecule has 0 bridgehead atoms. The Morgan fingerprint density at radius 2 is 1.68 bits per heavy atom. The molecule has 5 nitrogen and oxygen atoms in total. The molecule has 25 heavy (non-hydrogen) atoms. The molecule has 0 unspecified atom stereocenters. The van der Waals surface area contributed by atoms with Gasteiger partial charge in [-0.05, 0) is 73.2 Å². The van der Waals surface area contributed by atoms with E-state index >= 15 is 0 Å². The minimum atomic E-state index is -0.995. The molecule has 0 atom stereocenters. The summed E-state index contributed by atoms with van der Waals surface area (Å²) >= 11 is 5.86. The highest BCUT2D eigenvalue weighted by atomic mass is 35.5. The molecule has 0 aromatic heterocycles. The van der Waals surface area contributed by atoms with Crippen LogP contribution in [0.1, 0.15) is 34.3 Å². The second-order valence-corrected chi connectivity index (χ2v) is 6.54. The van der Waals surface area contributed by atoms with E-state index in [2.05, 4.69) is 5.32 Å². The van der Waals surface area contributed by atoms with Crippen molar-refractivity contribution in [3.8, 4) is 0 Å². The monoisotopic (exact) mass is 358 g/mol. The Bertz CT molecular complexity index is 818. The van der Waals surface area contributed by atoms with E-state index in [9.17, 15) is 14.7 Å². The zero-order valence-corrected chi connectivity index (χ0v) is 14.6. The molecular formula is C19H19ClN2O3. The van der Waals surface area contributed by atoms with Crippen LogP contribution in [-0.2, 0) is 12.8 Å². The summed E-state index contributed by atoms with van der Waals surface area (Å²) in [6.45, 7) is 0. The molecule has 0 saturated carbocycles. The van der Waals surface area contributed by atoms with E-state index in [1.807, 2.05) is 0 Å². The van der Waals surface area contributed by atoms with E-state index in [1.165, 1.54) is 4.90 Å². The molecule has 0 aliphatic heterocycles. The van der Waals surface area contributed by atoms with Gasteiger partial charge in [-0.1, -0.05) is 11.6 Å². The average Bonchev–Trinajstić information content (AvgIpc) is 2.62. The number of hydrogen-bond donors (Lipinski definition) is 2. The summed E-state index contributed by atoms with van der Waals surface area (Å²) in [4.78, 5) is 25.0. The Balaban J connectivity index is 1.93. The van der Waals surface area contributed by atoms with Gasteiger partial charge < -0.3 is 10.4 Å². The molecule has 130 valence electrons. The topological polar surface area (TPSA) is 69.6 Å². The van der Waals surface area contributed by atoms with Gasteiger partial charge in [-0.3, -0.25) is 9.69 Å². The van der Waals surface area contributed by atoms with Crippen LogP contribution in [0.2, 0.25) is 5.02 Å². The molecule has 0 spiro atoms. The number of hydrogen-bond acceptors (Lipinski definition) is 2. The standard InChI is InChI=1S/C19H19ClN2O3/c1-22(19(24)25)17-11-10-16(14-4-2-3-5-15(14)17)21-18(23)12-6-8-13(20)9-7-12/h6-11H,2-5H2,1H3,(H,21,23)(H,24,25). The maximum absolute atomic E-state index is 12.5. The van der Waals surface area contributed by atoms with Crippen molar-refractivity contribution in [1.82, 2.24) is 0 Å². The van der Waals surface area contributed by atoms with Crippen molar-refractivity contribution in [3.63, 3.8) is 0 Å². The van der Waals surface area contributed by atoms with E-state index in [4.69, 9.17) is 11.6 Å². The second kappa shape index (κ2) is 7.15. The average molecular weight is 359 g/mol.